The van der Waals surface area contributed by atoms with Crippen LogP contribution < -0.4 is 9.80 Å². The zero-order valence-electron chi connectivity index (χ0n) is 16.0. The van der Waals surface area contributed by atoms with Gasteiger partial charge in [0.05, 0.1) is 12.1 Å². The molecule has 2 atom stereocenters. The van der Waals surface area contributed by atoms with Gasteiger partial charge in [0.15, 0.2) is 0 Å². The summed E-state index contributed by atoms with van der Waals surface area (Å²) in [6.07, 6.45) is 0. The first-order chi connectivity index (χ1) is 13.7. The Kier molecular flexibility index (Phi) is 5.94. The molecule has 0 fully saturated rings. The summed E-state index contributed by atoms with van der Waals surface area (Å²) in [7, 11) is 3.83. The van der Waals surface area contributed by atoms with Crippen LogP contribution in [0.4, 0.5) is 11.4 Å². The second-order valence-electron chi connectivity index (χ2n) is 6.62. The third-order valence-electron chi connectivity index (χ3n) is 4.91. The van der Waals surface area contributed by atoms with Crippen LogP contribution >= 0.6 is 0 Å². The van der Waals surface area contributed by atoms with E-state index in [0.29, 0.717) is 0 Å². The number of hydrogen-bond acceptors (Lipinski definition) is 4. The highest BCUT2D eigenvalue weighted by atomic mass is 15.1. The Morgan fingerprint density at radius 2 is 0.893 bits per heavy atom. The van der Waals surface area contributed by atoms with Crippen molar-refractivity contribution in [2.45, 2.75) is 12.1 Å². The number of hydrogen-bond donors (Lipinski definition) is 0. The van der Waals surface area contributed by atoms with Crippen molar-refractivity contribution in [2.75, 3.05) is 23.9 Å². The van der Waals surface area contributed by atoms with E-state index in [-0.39, 0.29) is 0 Å². The Labute approximate surface area is 166 Å². The predicted molar refractivity (Wildman–Crippen MR) is 113 cm³/mol. The zero-order valence-corrected chi connectivity index (χ0v) is 16.0. The van der Waals surface area contributed by atoms with Gasteiger partial charge in [-0.25, -0.2) is 0 Å². The third kappa shape index (κ3) is 3.98. The first kappa shape index (κ1) is 19.0. The molecule has 0 saturated carbocycles. The van der Waals surface area contributed by atoms with Crippen LogP contribution in [0.25, 0.3) is 0 Å². The van der Waals surface area contributed by atoms with Crippen LogP contribution in [-0.2, 0) is 0 Å². The molecule has 4 nitrogen and oxygen atoms in total. The molecule has 0 spiro atoms. The molecule has 3 rings (SSSR count). The third-order valence-corrected chi connectivity index (χ3v) is 4.91. The van der Waals surface area contributed by atoms with Crippen LogP contribution in [0.15, 0.2) is 84.9 Å². The highest BCUT2D eigenvalue weighted by Gasteiger charge is 2.20. The van der Waals surface area contributed by atoms with Gasteiger partial charge in [-0.3, -0.25) is 0 Å². The van der Waals surface area contributed by atoms with Crippen molar-refractivity contribution < 1.29 is 0 Å². The summed E-state index contributed by atoms with van der Waals surface area (Å²) in [6, 6.07) is 31.4. The minimum Gasteiger partial charge on any atom is -0.355 e. The molecule has 28 heavy (non-hydrogen) atoms. The number of nitriles is 2. The molecule has 0 aliphatic carbocycles. The molecule has 0 heterocycles. The molecular formula is C24H22N4. The quantitative estimate of drug-likeness (QED) is 0.610. The van der Waals surface area contributed by atoms with E-state index in [1.807, 2.05) is 109 Å². The Hall–Kier alpha value is -3.76. The fourth-order valence-corrected chi connectivity index (χ4v) is 3.25. The average molecular weight is 366 g/mol. The van der Waals surface area contributed by atoms with Crippen LogP contribution in [0, 0.1) is 22.7 Å². The fourth-order valence-electron chi connectivity index (χ4n) is 3.25. The van der Waals surface area contributed by atoms with Crippen molar-refractivity contribution in [3.63, 3.8) is 0 Å². The number of benzene rings is 3. The molecule has 3 aromatic carbocycles. The minimum atomic E-state index is -0.399. The monoisotopic (exact) mass is 366 g/mol. The number of rotatable bonds is 6. The molecule has 2 unspecified atom stereocenters. The lowest BCUT2D eigenvalue weighted by molar-refractivity contribution is 0.807. The van der Waals surface area contributed by atoms with Crippen LogP contribution in [-0.4, -0.2) is 14.1 Å². The maximum Gasteiger partial charge on any atom is 0.142 e. The summed E-state index contributed by atoms with van der Waals surface area (Å²) in [5.74, 6) is 0. The molecule has 0 aromatic heterocycles. The largest absolute Gasteiger partial charge is 0.355 e. The standard InChI is InChI=1S/C24H22N4/c1-27(21-9-5-3-6-10-21)23(17-25)19-13-15-20(16-14-19)24(18-26)28(2)22-11-7-4-8-12-22/h3-16,23-24H,1-2H3. The van der Waals surface area contributed by atoms with Gasteiger partial charge < -0.3 is 9.80 Å². The summed E-state index contributed by atoms with van der Waals surface area (Å²) < 4.78 is 0. The SMILES string of the molecule is CN(c1ccccc1)C(C#N)c1ccc(C(C#N)N(C)c2ccccc2)cc1. The smallest absolute Gasteiger partial charge is 0.142 e. The molecule has 0 saturated heterocycles. The van der Waals surface area contributed by atoms with Crippen molar-refractivity contribution in [1.82, 2.24) is 0 Å². The van der Waals surface area contributed by atoms with Gasteiger partial charge in [-0.2, -0.15) is 10.5 Å². The zero-order chi connectivity index (χ0) is 19.9. The van der Waals surface area contributed by atoms with Gasteiger partial charge in [0.25, 0.3) is 0 Å². The molecule has 0 radical (unpaired) electrons. The number of para-hydroxylation sites is 2. The number of nitrogens with zero attached hydrogens (tertiary/aromatic N) is 4. The summed E-state index contributed by atoms with van der Waals surface area (Å²) in [5.41, 5.74) is 3.77. The molecule has 0 aliphatic heterocycles. The highest BCUT2D eigenvalue weighted by Crippen LogP contribution is 2.28. The van der Waals surface area contributed by atoms with E-state index in [0.717, 1.165) is 22.5 Å². The van der Waals surface area contributed by atoms with Gasteiger partial charge in [-0.1, -0.05) is 60.7 Å². The van der Waals surface area contributed by atoms with Gasteiger partial charge in [-0.05, 0) is 35.4 Å². The Morgan fingerprint density at radius 3 is 1.18 bits per heavy atom. The Morgan fingerprint density at radius 1 is 0.571 bits per heavy atom. The van der Waals surface area contributed by atoms with Gasteiger partial charge >= 0.3 is 0 Å². The summed E-state index contributed by atoms with van der Waals surface area (Å²) in [4.78, 5) is 3.90. The molecule has 0 bridgehead atoms. The van der Waals surface area contributed by atoms with Gasteiger partial charge in [0.2, 0.25) is 0 Å². The van der Waals surface area contributed by atoms with Crippen molar-refractivity contribution in [3.05, 3.63) is 96.1 Å². The van der Waals surface area contributed by atoms with Crippen molar-refractivity contribution in [2.24, 2.45) is 0 Å². The van der Waals surface area contributed by atoms with Crippen LogP contribution in [0.1, 0.15) is 23.2 Å². The van der Waals surface area contributed by atoms with E-state index < -0.39 is 12.1 Å². The van der Waals surface area contributed by atoms with E-state index >= 15 is 0 Å². The topological polar surface area (TPSA) is 54.1 Å². The van der Waals surface area contributed by atoms with Crippen LogP contribution in [0.3, 0.4) is 0 Å². The molecule has 4 heteroatoms. The van der Waals surface area contributed by atoms with E-state index in [1.54, 1.807) is 0 Å². The lowest BCUT2D eigenvalue weighted by Crippen LogP contribution is -2.24. The molecule has 3 aromatic rings. The minimum absolute atomic E-state index is 0.399. The first-order valence-electron chi connectivity index (χ1n) is 9.10. The summed E-state index contributed by atoms with van der Waals surface area (Å²) in [5, 5.41) is 19.4. The molecule has 0 N–H and O–H groups in total. The molecule has 0 aliphatic rings. The second kappa shape index (κ2) is 8.75. The molecule has 0 amide bonds. The second-order valence-corrected chi connectivity index (χ2v) is 6.62. The maximum atomic E-state index is 9.72. The average Bonchev–Trinajstić information content (AvgIpc) is 2.77. The predicted octanol–water partition coefficient (Wildman–Crippen LogP) is 5.09. The molecule has 138 valence electrons. The van der Waals surface area contributed by atoms with Crippen molar-refractivity contribution in [1.29, 1.82) is 10.5 Å². The van der Waals surface area contributed by atoms with Crippen molar-refractivity contribution >= 4 is 11.4 Å². The van der Waals surface area contributed by atoms with Gasteiger partial charge in [0, 0.05) is 25.5 Å². The lowest BCUT2D eigenvalue weighted by atomic mass is 10.00. The van der Waals surface area contributed by atoms with E-state index in [2.05, 4.69) is 12.1 Å². The van der Waals surface area contributed by atoms with Gasteiger partial charge in [0.1, 0.15) is 12.1 Å². The highest BCUT2D eigenvalue weighted by molar-refractivity contribution is 5.52. The summed E-state index contributed by atoms with van der Waals surface area (Å²) in [6.45, 7) is 0. The van der Waals surface area contributed by atoms with E-state index in [4.69, 9.17) is 0 Å². The van der Waals surface area contributed by atoms with Crippen LogP contribution in [0.5, 0.6) is 0 Å². The normalized spacial score (nSPS) is 12.3. The van der Waals surface area contributed by atoms with E-state index in [9.17, 15) is 10.5 Å². The van der Waals surface area contributed by atoms with Crippen molar-refractivity contribution in [3.8, 4) is 12.1 Å². The van der Waals surface area contributed by atoms with E-state index in [1.165, 1.54) is 0 Å². The number of anilines is 2. The maximum absolute atomic E-state index is 9.72. The molecular weight excluding hydrogens is 344 g/mol. The lowest BCUT2D eigenvalue weighted by Gasteiger charge is -2.27. The fraction of sp³-hybridized carbons (Fsp3) is 0.167. The summed E-state index contributed by atoms with van der Waals surface area (Å²) >= 11 is 0. The van der Waals surface area contributed by atoms with Gasteiger partial charge in [-0.15, -0.1) is 0 Å². The Bertz CT molecular complexity index is 887. The van der Waals surface area contributed by atoms with Crippen LogP contribution in [0.2, 0.25) is 0 Å². The Balaban J connectivity index is 1.83. The first-order valence-corrected chi connectivity index (χ1v) is 9.10.